The van der Waals surface area contributed by atoms with E-state index in [4.69, 9.17) is 0 Å². The van der Waals surface area contributed by atoms with E-state index >= 15 is 0 Å². The maximum absolute atomic E-state index is 2.50. The predicted molar refractivity (Wildman–Crippen MR) is 226 cm³/mol. The zero-order chi connectivity index (χ0) is 33.9. The van der Waals surface area contributed by atoms with E-state index in [0.717, 1.165) is 12.8 Å². The third-order valence-electron chi connectivity index (χ3n) is 11.2. The van der Waals surface area contributed by atoms with Gasteiger partial charge in [0.1, 0.15) is 0 Å². The Labute approximate surface area is 307 Å². The van der Waals surface area contributed by atoms with Crippen LogP contribution in [0, 0.1) is 0 Å². The first-order chi connectivity index (χ1) is 25.8. The van der Waals surface area contributed by atoms with Crippen LogP contribution in [0.5, 0.6) is 0 Å². The standard InChI is InChI=1S/C48H30N2S2/c1-5-13-41-33(9-1)34-10-2-6-14-42(34)49(41)31-19-23-39-37-21-17-29(25-45(37)51-47(39)27-31)30-18-22-38-40-24-20-32(28-48(40)52-46(38)26-30)50-43-15-7-3-11-35(43)36-12-4-8-16-44(36)50/h1-19,21-23,25-28H,20,24H2. The highest BCUT2D eigenvalue weighted by Crippen LogP contribution is 2.44. The molecule has 1 aliphatic rings. The van der Waals surface area contributed by atoms with Gasteiger partial charge in [0.2, 0.25) is 0 Å². The van der Waals surface area contributed by atoms with Gasteiger partial charge in [0, 0.05) is 62.7 Å². The maximum atomic E-state index is 2.50. The van der Waals surface area contributed by atoms with Gasteiger partial charge in [-0.3, -0.25) is 0 Å². The summed E-state index contributed by atoms with van der Waals surface area (Å²) in [5.74, 6) is 0. The lowest BCUT2D eigenvalue weighted by atomic mass is 9.97. The van der Waals surface area contributed by atoms with Crippen molar-refractivity contribution >= 4 is 108 Å². The van der Waals surface area contributed by atoms with Gasteiger partial charge < -0.3 is 9.13 Å². The van der Waals surface area contributed by atoms with Crippen LogP contribution in [0.3, 0.4) is 0 Å². The maximum Gasteiger partial charge on any atom is 0.0541 e. The van der Waals surface area contributed by atoms with Gasteiger partial charge in [0.25, 0.3) is 0 Å². The van der Waals surface area contributed by atoms with Gasteiger partial charge in [0.15, 0.2) is 0 Å². The van der Waals surface area contributed by atoms with Crippen LogP contribution in [0.25, 0.3) is 102 Å². The molecule has 52 heavy (non-hydrogen) atoms. The van der Waals surface area contributed by atoms with Gasteiger partial charge >= 0.3 is 0 Å². The minimum Gasteiger partial charge on any atom is -0.313 e. The number of aromatic nitrogens is 2. The first-order valence-electron chi connectivity index (χ1n) is 18.0. The number of hydrogen-bond acceptors (Lipinski definition) is 2. The van der Waals surface area contributed by atoms with Crippen LogP contribution in [0.15, 0.2) is 152 Å². The number of rotatable bonds is 3. The minimum absolute atomic E-state index is 1.03. The average molecular weight is 699 g/mol. The van der Waals surface area contributed by atoms with Gasteiger partial charge in [-0.25, -0.2) is 0 Å². The highest BCUT2D eigenvalue weighted by molar-refractivity contribution is 7.25. The molecule has 244 valence electrons. The van der Waals surface area contributed by atoms with Crippen molar-refractivity contribution in [2.45, 2.75) is 12.8 Å². The molecule has 11 aromatic rings. The topological polar surface area (TPSA) is 9.86 Å². The normalized spacial score (nSPS) is 13.3. The summed E-state index contributed by atoms with van der Waals surface area (Å²) in [5.41, 5.74) is 11.7. The molecule has 0 saturated heterocycles. The summed E-state index contributed by atoms with van der Waals surface area (Å²) >= 11 is 3.84. The van der Waals surface area contributed by atoms with E-state index in [9.17, 15) is 0 Å². The third kappa shape index (κ3) is 4.05. The fraction of sp³-hybridized carbons (Fsp3) is 0.0417. The molecular formula is C48H30N2S2. The van der Waals surface area contributed by atoms with Crippen molar-refractivity contribution in [3.63, 3.8) is 0 Å². The monoisotopic (exact) mass is 698 g/mol. The summed E-state index contributed by atoms with van der Waals surface area (Å²) in [4.78, 5) is 1.40. The molecule has 4 aromatic heterocycles. The summed E-state index contributed by atoms with van der Waals surface area (Å²) in [6.07, 6.45) is 4.55. The SMILES string of the molecule is C1=C(n2c3ccccc3c3ccccc32)CCc2c1sc1cc(-c3ccc4c(c3)sc3cc(-n5c6ccccc6c6ccccc65)ccc34)ccc21. The number of nitrogens with zero attached hydrogens (tertiary/aromatic N) is 2. The summed E-state index contributed by atoms with van der Waals surface area (Å²) in [6, 6.07) is 56.3. The second-order valence-electron chi connectivity index (χ2n) is 14.0. The Kier molecular flexibility index (Phi) is 5.96. The Hall–Kier alpha value is -5.94. The number of aryl methyl sites for hydroxylation is 1. The van der Waals surface area contributed by atoms with Gasteiger partial charge in [-0.15, -0.1) is 22.7 Å². The van der Waals surface area contributed by atoms with E-state index in [1.165, 1.54) is 107 Å². The largest absolute Gasteiger partial charge is 0.313 e. The van der Waals surface area contributed by atoms with Crippen LogP contribution in [0.1, 0.15) is 16.9 Å². The number of allylic oxidation sites excluding steroid dienone is 1. The molecule has 12 rings (SSSR count). The van der Waals surface area contributed by atoms with E-state index in [1.54, 1.807) is 0 Å². The minimum atomic E-state index is 1.03. The Balaban J connectivity index is 0.936. The molecule has 4 heterocycles. The van der Waals surface area contributed by atoms with Gasteiger partial charge in [0.05, 0.1) is 22.1 Å². The summed E-state index contributed by atoms with van der Waals surface area (Å²) in [7, 11) is 0. The molecule has 2 nitrogen and oxygen atoms in total. The number of thiophene rings is 2. The zero-order valence-corrected chi connectivity index (χ0v) is 29.8. The van der Waals surface area contributed by atoms with E-state index in [2.05, 4.69) is 167 Å². The molecule has 0 spiro atoms. The molecule has 0 fully saturated rings. The molecule has 0 N–H and O–H groups in total. The summed E-state index contributed by atoms with van der Waals surface area (Å²) < 4.78 is 8.93. The van der Waals surface area contributed by atoms with E-state index in [0.29, 0.717) is 0 Å². The van der Waals surface area contributed by atoms with E-state index < -0.39 is 0 Å². The fourth-order valence-electron chi connectivity index (χ4n) is 8.89. The number of para-hydroxylation sites is 4. The highest BCUT2D eigenvalue weighted by atomic mass is 32.1. The fourth-order valence-corrected chi connectivity index (χ4v) is 11.3. The molecule has 0 saturated carbocycles. The average Bonchev–Trinajstić information content (AvgIpc) is 3.94. The quantitative estimate of drug-likeness (QED) is 0.174. The molecular weight excluding hydrogens is 669 g/mol. The van der Waals surface area contributed by atoms with Crippen LogP contribution < -0.4 is 0 Å². The number of hydrogen-bond donors (Lipinski definition) is 0. The Bertz CT molecular complexity index is 3200. The second kappa shape index (κ2) is 10.8. The highest BCUT2D eigenvalue weighted by Gasteiger charge is 2.21. The first kappa shape index (κ1) is 28.7. The van der Waals surface area contributed by atoms with Crippen molar-refractivity contribution < 1.29 is 0 Å². The first-order valence-corrected chi connectivity index (χ1v) is 19.6. The summed E-state index contributed by atoms with van der Waals surface area (Å²) in [5, 5.41) is 9.29. The van der Waals surface area contributed by atoms with Crippen LogP contribution in [-0.4, -0.2) is 9.13 Å². The van der Waals surface area contributed by atoms with Gasteiger partial charge in [-0.05, 0) is 89.5 Å². The zero-order valence-electron chi connectivity index (χ0n) is 28.1. The van der Waals surface area contributed by atoms with Crippen LogP contribution in [0.2, 0.25) is 0 Å². The van der Waals surface area contributed by atoms with Crippen LogP contribution >= 0.6 is 22.7 Å². The lowest BCUT2D eigenvalue weighted by Gasteiger charge is -2.17. The molecule has 0 aliphatic heterocycles. The predicted octanol–water partition coefficient (Wildman–Crippen LogP) is 14.1. The summed E-state index contributed by atoms with van der Waals surface area (Å²) in [6.45, 7) is 0. The van der Waals surface area contributed by atoms with Gasteiger partial charge in [-0.1, -0.05) is 103 Å². The van der Waals surface area contributed by atoms with Crippen molar-refractivity contribution in [3.05, 3.63) is 162 Å². The molecule has 0 unspecified atom stereocenters. The van der Waals surface area contributed by atoms with Gasteiger partial charge in [-0.2, -0.15) is 0 Å². The lowest BCUT2D eigenvalue weighted by molar-refractivity contribution is 0.961. The second-order valence-corrected chi connectivity index (χ2v) is 16.2. The molecule has 0 amide bonds. The Morgan fingerprint density at radius 3 is 1.46 bits per heavy atom. The van der Waals surface area contributed by atoms with Crippen LogP contribution in [0.4, 0.5) is 0 Å². The molecule has 4 heteroatoms. The molecule has 0 radical (unpaired) electrons. The smallest absolute Gasteiger partial charge is 0.0541 e. The Morgan fingerprint density at radius 2 is 0.865 bits per heavy atom. The van der Waals surface area contributed by atoms with Crippen molar-refractivity contribution in [1.82, 2.24) is 9.13 Å². The van der Waals surface area contributed by atoms with Crippen molar-refractivity contribution in [2.75, 3.05) is 0 Å². The van der Waals surface area contributed by atoms with E-state index in [1.807, 2.05) is 22.7 Å². The lowest BCUT2D eigenvalue weighted by Crippen LogP contribution is -2.03. The van der Waals surface area contributed by atoms with Crippen molar-refractivity contribution in [2.24, 2.45) is 0 Å². The van der Waals surface area contributed by atoms with Crippen LogP contribution in [-0.2, 0) is 6.42 Å². The third-order valence-corrected chi connectivity index (χ3v) is 13.5. The molecule has 7 aromatic carbocycles. The van der Waals surface area contributed by atoms with E-state index in [-0.39, 0.29) is 0 Å². The molecule has 0 atom stereocenters. The number of fused-ring (bicyclic) bond motifs is 12. The Morgan fingerprint density at radius 1 is 0.385 bits per heavy atom. The number of benzene rings is 7. The van der Waals surface area contributed by atoms with Crippen molar-refractivity contribution in [1.29, 1.82) is 0 Å². The van der Waals surface area contributed by atoms with Crippen molar-refractivity contribution in [3.8, 4) is 16.8 Å². The molecule has 1 aliphatic carbocycles. The molecule has 0 bridgehead atoms.